The fraction of sp³-hybridized carbons (Fsp3) is 0.300. The molecule has 2 aromatic heterocycles. The number of halogens is 1. The van der Waals surface area contributed by atoms with Crippen LogP contribution in [0.1, 0.15) is 34.5 Å². The standard InChI is InChI=1S/C20H20FN5O4S/c1-14-23-19(30-24-14)18-13-25(31(28,29)17-7-5-16(21)6-8-17)10-3-11-26(18)20(27)15-4-2-9-22-12-15/h2,4-9,12,18H,3,10-11,13H2,1H3. The molecule has 31 heavy (non-hydrogen) atoms. The van der Waals surface area contributed by atoms with Gasteiger partial charge in [-0.3, -0.25) is 9.78 Å². The number of carbonyl (C=O) groups excluding carboxylic acids is 1. The van der Waals surface area contributed by atoms with E-state index in [9.17, 15) is 17.6 Å². The molecule has 3 heterocycles. The summed E-state index contributed by atoms with van der Waals surface area (Å²) < 4.78 is 46.3. The quantitative estimate of drug-likeness (QED) is 0.605. The molecule has 1 aliphatic heterocycles. The third kappa shape index (κ3) is 4.32. The second kappa shape index (κ2) is 8.52. The third-order valence-electron chi connectivity index (χ3n) is 5.01. The molecule has 1 fully saturated rings. The molecule has 1 aromatic carbocycles. The second-order valence-electron chi connectivity index (χ2n) is 7.11. The Morgan fingerprint density at radius 1 is 1.19 bits per heavy atom. The van der Waals surface area contributed by atoms with Crippen LogP contribution in [0.3, 0.4) is 0 Å². The first-order valence-electron chi connectivity index (χ1n) is 9.63. The van der Waals surface area contributed by atoms with Crippen molar-refractivity contribution in [3.8, 4) is 0 Å². The van der Waals surface area contributed by atoms with Gasteiger partial charge in [0, 0.05) is 32.0 Å². The molecule has 0 saturated carbocycles. The number of rotatable bonds is 4. The number of carbonyl (C=O) groups is 1. The fourth-order valence-electron chi connectivity index (χ4n) is 3.49. The number of pyridine rings is 1. The van der Waals surface area contributed by atoms with E-state index in [0.717, 1.165) is 12.1 Å². The van der Waals surface area contributed by atoms with Gasteiger partial charge in [-0.05, 0) is 49.7 Å². The van der Waals surface area contributed by atoms with E-state index in [4.69, 9.17) is 4.52 Å². The minimum atomic E-state index is -3.92. The van der Waals surface area contributed by atoms with Crippen LogP contribution in [-0.4, -0.2) is 58.3 Å². The van der Waals surface area contributed by atoms with Crippen LogP contribution in [0.4, 0.5) is 4.39 Å². The predicted octanol–water partition coefficient (Wildman–Crippen LogP) is 2.19. The van der Waals surface area contributed by atoms with Crippen molar-refractivity contribution in [2.24, 2.45) is 0 Å². The van der Waals surface area contributed by atoms with Gasteiger partial charge in [-0.25, -0.2) is 12.8 Å². The van der Waals surface area contributed by atoms with Crippen LogP contribution in [0.15, 0.2) is 58.2 Å². The molecule has 4 rings (SSSR count). The van der Waals surface area contributed by atoms with E-state index in [1.807, 2.05) is 0 Å². The number of aromatic nitrogens is 3. The fourth-order valence-corrected chi connectivity index (χ4v) is 4.97. The highest BCUT2D eigenvalue weighted by Gasteiger charge is 2.38. The summed E-state index contributed by atoms with van der Waals surface area (Å²) >= 11 is 0. The number of nitrogens with zero attached hydrogens (tertiary/aromatic N) is 5. The van der Waals surface area contributed by atoms with Gasteiger partial charge in [-0.15, -0.1) is 0 Å². The summed E-state index contributed by atoms with van der Waals surface area (Å²) in [4.78, 5) is 22.9. The predicted molar refractivity (Wildman–Crippen MR) is 107 cm³/mol. The smallest absolute Gasteiger partial charge is 0.256 e. The van der Waals surface area contributed by atoms with Gasteiger partial charge in [0.2, 0.25) is 10.0 Å². The minimum absolute atomic E-state index is 0.0265. The maximum Gasteiger partial charge on any atom is 0.256 e. The molecule has 162 valence electrons. The highest BCUT2D eigenvalue weighted by atomic mass is 32.2. The van der Waals surface area contributed by atoms with Crippen molar-refractivity contribution >= 4 is 15.9 Å². The Morgan fingerprint density at radius 3 is 2.61 bits per heavy atom. The van der Waals surface area contributed by atoms with Crippen LogP contribution in [0, 0.1) is 12.7 Å². The summed E-state index contributed by atoms with van der Waals surface area (Å²) in [6.07, 6.45) is 3.42. The molecule has 1 unspecified atom stereocenters. The van der Waals surface area contributed by atoms with Gasteiger partial charge in [0.1, 0.15) is 11.9 Å². The molecular formula is C20H20FN5O4S. The summed E-state index contributed by atoms with van der Waals surface area (Å²) in [5.74, 6) is -0.311. The number of hydrogen-bond acceptors (Lipinski definition) is 7. The largest absolute Gasteiger partial charge is 0.337 e. The molecule has 0 N–H and O–H groups in total. The van der Waals surface area contributed by atoms with Crippen molar-refractivity contribution in [1.29, 1.82) is 0 Å². The van der Waals surface area contributed by atoms with E-state index in [0.29, 0.717) is 17.8 Å². The molecule has 0 spiro atoms. The second-order valence-corrected chi connectivity index (χ2v) is 9.04. The monoisotopic (exact) mass is 445 g/mol. The van der Waals surface area contributed by atoms with Crippen molar-refractivity contribution < 1.29 is 22.1 Å². The third-order valence-corrected chi connectivity index (χ3v) is 6.89. The van der Waals surface area contributed by atoms with E-state index in [-0.39, 0.29) is 36.3 Å². The van der Waals surface area contributed by atoms with Gasteiger partial charge in [0.25, 0.3) is 11.8 Å². The molecule has 11 heteroatoms. The highest BCUT2D eigenvalue weighted by molar-refractivity contribution is 7.89. The van der Waals surface area contributed by atoms with Gasteiger partial charge >= 0.3 is 0 Å². The van der Waals surface area contributed by atoms with Crippen LogP contribution in [-0.2, 0) is 10.0 Å². The molecular weight excluding hydrogens is 425 g/mol. The van der Waals surface area contributed by atoms with Crippen LogP contribution < -0.4 is 0 Å². The lowest BCUT2D eigenvalue weighted by Crippen LogP contribution is -2.40. The van der Waals surface area contributed by atoms with Crippen LogP contribution in [0.2, 0.25) is 0 Å². The molecule has 9 nitrogen and oxygen atoms in total. The summed E-state index contributed by atoms with van der Waals surface area (Å²) in [6, 6.07) is 7.15. The van der Waals surface area contributed by atoms with Crippen LogP contribution in [0.5, 0.6) is 0 Å². The maximum absolute atomic E-state index is 13.3. The number of amides is 1. The number of aryl methyl sites for hydroxylation is 1. The van der Waals surface area contributed by atoms with Crippen LogP contribution >= 0.6 is 0 Å². The average molecular weight is 445 g/mol. The summed E-state index contributed by atoms with van der Waals surface area (Å²) in [5, 5.41) is 3.80. The Balaban J connectivity index is 1.70. The minimum Gasteiger partial charge on any atom is -0.337 e. The van der Waals surface area contributed by atoms with E-state index in [1.54, 1.807) is 25.3 Å². The van der Waals surface area contributed by atoms with Gasteiger partial charge < -0.3 is 9.42 Å². The first kappa shape index (κ1) is 21.1. The first-order valence-corrected chi connectivity index (χ1v) is 11.1. The molecule has 3 aromatic rings. The van der Waals surface area contributed by atoms with E-state index < -0.39 is 21.9 Å². The molecule has 1 aliphatic rings. The van der Waals surface area contributed by atoms with Crippen LogP contribution in [0.25, 0.3) is 0 Å². The Bertz CT molecular complexity index is 1170. The summed E-state index contributed by atoms with van der Waals surface area (Å²) in [7, 11) is -3.92. The Kier molecular flexibility index (Phi) is 5.79. The normalized spacial score (nSPS) is 18.0. The lowest BCUT2D eigenvalue weighted by molar-refractivity contribution is 0.0647. The first-order chi connectivity index (χ1) is 14.9. The molecule has 1 atom stereocenters. The van der Waals surface area contributed by atoms with Crippen molar-refractivity contribution in [1.82, 2.24) is 24.3 Å². The maximum atomic E-state index is 13.3. The molecule has 1 amide bonds. The zero-order valence-corrected chi connectivity index (χ0v) is 17.5. The molecule has 0 radical (unpaired) electrons. The van der Waals surface area contributed by atoms with Gasteiger partial charge in [0.05, 0.1) is 10.5 Å². The number of sulfonamides is 1. The summed E-state index contributed by atoms with van der Waals surface area (Å²) in [6.45, 7) is 2.03. The number of benzene rings is 1. The highest BCUT2D eigenvalue weighted by Crippen LogP contribution is 2.29. The number of hydrogen-bond donors (Lipinski definition) is 0. The average Bonchev–Trinajstić information content (AvgIpc) is 3.07. The van der Waals surface area contributed by atoms with E-state index in [1.165, 1.54) is 27.5 Å². The molecule has 1 saturated heterocycles. The van der Waals surface area contributed by atoms with Crippen molar-refractivity contribution in [2.45, 2.75) is 24.3 Å². The zero-order chi connectivity index (χ0) is 22.0. The Hall–Kier alpha value is -3.18. The SMILES string of the molecule is Cc1noc(C2CN(S(=O)(=O)c3ccc(F)cc3)CCCN2C(=O)c2cccnc2)n1. The van der Waals surface area contributed by atoms with E-state index >= 15 is 0 Å². The Labute approximate surface area is 178 Å². The lowest BCUT2D eigenvalue weighted by Gasteiger charge is -2.29. The van der Waals surface area contributed by atoms with Crippen molar-refractivity contribution in [3.63, 3.8) is 0 Å². The summed E-state index contributed by atoms with van der Waals surface area (Å²) in [5.41, 5.74) is 0.374. The Morgan fingerprint density at radius 2 is 1.97 bits per heavy atom. The molecule has 0 bridgehead atoms. The molecule has 0 aliphatic carbocycles. The topological polar surface area (TPSA) is 110 Å². The lowest BCUT2D eigenvalue weighted by atomic mass is 10.2. The van der Waals surface area contributed by atoms with Gasteiger partial charge in [-0.2, -0.15) is 9.29 Å². The van der Waals surface area contributed by atoms with Crippen molar-refractivity contribution in [3.05, 3.63) is 71.9 Å². The van der Waals surface area contributed by atoms with Gasteiger partial charge in [-0.1, -0.05) is 5.16 Å². The van der Waals surface area contributed by atoms with Gasteiger partial charge in [0.15, 0.2) is 5.82 Å². The van der Waals surface area contributed by atoms with Crippen molar-refractivity contribution in [2.75, 3.05) is 19.6 Å². The van der Waals surface area contributed by atoms with E-state index in [2.05, 4.69) is 15.1 Å². The zero-order valence-electron chi connectivity index (χ0n) is 16.7.